The van der Waals surface area contributed by atoms with E-state index in [1.807, 2.05) is 0 Å². The average molecular weight is 785 g/mol. The molecule has 61 heavy (non-hydrogen) atoms. The monoisotopic (exact) mass is 784 g/mol. The lowest BCUT2D eigenvalue weighted by Gasteiger charge is -2.24. The quantitative estimate of drug-likeness (QED) is 0.168. The molecule has 0 fully saturated rings. The predicted molar refractivity (Wildman–Crippen MR) is 252 cm³/mol. The molecule has 2 aliphatic carbocycles. The molecule has 0 bridgehead atoms. The van der Waals surface area contributed by atoms with E-state index in [9.17, 15) is 0 Å². The Morgan fingerprint density at radius 3 is 1.75 bits per heavy atom. The minimum atomic E-state index is -0.190. The van der Waals surface area contributed by atoms with Crippen molar-refractivity contribution in [2.75, 3.05) is 0 Å². The van der Waals surface area contributed by atoms with Crippen molar-refractivity contribution in [3.05, 3.63) is 204 Å². The number of para-hydroxylation sites is 1. The molecule has 0 atom stereocenters. The topological polar surface area (TPSA) is 35.6 Å². The molecule has 4 heteroatoms. The van der Waals surface area contributed by atoms with Gasteiger partial charge in [0.2, 0.25) is 0 Å². The third-order valence-electron chi connectivity index (χ3n) is 13.7. The fraction of sp³-hybridized carbons (Fsp3) is 0.123. The second-order valence-electron chi connectivity index (χ2n) is 17.8. The van der Waals surface area contributed by atoms with E-state index in [0.717, 1.165) is 22.5 Å². The number of hydrogen-bond acceptors (Lipinski definition) is 2. The third kappa shape index (κ3) is 5.18. The van der Waals surface area contributed by atoms with Crippen LogP contribution in [0, 0.1) is 0 Å². The van der Waals surface area contributed by atoms with Crippen LogP contribution in [0.3, 0.4) is 0 Å². The summed E-state index contributed by atoms with van der Waals surface area (Å²) in [6.07, 6.45) is 0. The molecule has 0 radical (unpaired) electrons. The van der Waals surface area contributed by atoms with Crippen molar-refractivity contribution in [2.24, 2.45) is 0 Å². The molecule has 2 aliphatic rings. The van der Waals surface area contributed by atoms with Gasteiger partial charge in [-0.15, -0.1) is 5.10 Å². The zero-order valence-corrected chi connectivity index (χ0v) is 34.8. The van der Waals surface area contributed by atoms with Gasteiger partial charge in [0.25, 0.3) is 0 Å². The number of nitrogens with zero attached hydrogens (tertiary/aromatic N) is 4. The fourth-order valence-electron chi connectivity index (χ4n) is 10.8. The highest BCUT2D eigenvalue weighted by atomic mass is 15.4. The van der Waals surface area contributed by atoms with E-state index >= 15 is 0 Å². The van der Waals surface area contributed by atoms with Gasteiger partial charge in [0, 0.05) is 32.7 Å². The van der Waals surface area contributed by atoms with Crippen molar-refractivity contribution in [1.82, 2.24) is 19.3 Å². The summed E-state index contributed by atoms with van der Waals surface area (Å²) >= 11 is 0. The van der Waals surface area contributed by atoms with Crippen LogP contribution in [0.25, 0.3) is 89.1 Å². The maximum Gasteiger partial charge on any atom is 0.181 e. The number of rotatable bonds is 6. The van der Waals surface area contributed by atoms with Crippen molar-refractivity contribution in [3.63, 3.8) is 0 Å². The summed E-state index contributed by atoms with van der Waals surface area (Å²) < 4.78 is 4.67. The van der Waals surface area contributed by atoms with E-state index in [-0.39, 0.29) is 10.8 Å². The van der Waals surface area contributed by atoms with E-state index in [0.29, 0.717) is 12.5 Å². The summed E-state index contributed by atoms with van der Waals surface area (Å²) in [6.45, 7) is 9.94. The summed E-state index contributed by atoms with van der Waals surface area (Å²) in [6, 6.07) is 66.1. The predicted octanol–water partition coefficient (Wildman–Crippen LogP) is 14.2. The first kappa shape index (κ1) is 35.6. The van der Waals surface area contributed by atoms with Crippen LogP contribution < -0.4 is 0 Å². The first-order valence-electron chi connectivity index (χ1n) is 21.4. The van der Waals surface area contributed by atoms with Crippen LogP contribution in [0.4, 0.5) is 0 Å². The van der Waals surface area contributed by atoms with E-state index < -0.39 is 0 Å². The fourth-order valence-corrected chi connectivity index (χ4v) is 10.8. The molecule has 0 aliphatic heterocycles. The van der Waals surface area contributed by atoms with Crippen LogP contribution in [0.1, 0.15) is 49.9 Å². The van der Waals surface area contributed by atoms with Gasteiger partial charge >= 0.3 is 0 Å². The van der Waals surface area contributed by atoms with Gasteiger partial charge in [-0.05, 0) is 72.8 Å². The molecule has 12 rings (SSSR count). The smallest absolute Gasteiger partial charge is 0.181 e. The second-order valence-corrected chi connectivity index (χ2v) is 17.8. The summed E-state index contributed by atoms with van der Waals surface area (Å²) in [5, 5.41) is 8.00. The largest absolute Gasteiger partial charge is 0.320 e. The van der Waals surface area contributed by atoms with Crippen LogP contribution in [-0.2, 0) is 17.5 Å². The van der Waals surface area contributed by atoms with Gasteiger partial charge in [0.15, 0.2) is 11.6 Å². The number of hydrogen-bond donors (Lipinski definition) is 0. The Labute approximate surface area is 356 Å². The molecule has 2 heterocycles. The Hall–Kier alpha value is -7.30. The average Bonchev–Trinajstić information content (AvgIpc) is 4.00. The molecule has 10 aromatic rings. The molecular weight excluding hydrogens is 741 g/mol. The second kappa shape index (κ2) is 13.1. The van der Waals surface area contributed by atoms with Crippen LogP contribution >= 0.6 is 0 Å². The summed E-state index contributed by atoms with van der Waals surface area (Å²) in [5.41, 5.74) is 19.5. The zero-order valence-electron chi connectivity index (χ0n) is 34.8. The third-order valence-corrected chi connectivity index (χ3v) is 13.7. The van der Waals surface area contributed by atoms with E-state index in [2.05, 4.69) is 219 Å². The van der Waals surface area contributed by atoms with Crippen molar-refractivity contribution < 1.29 is 0 Å². The highest BCUT2D eigenvalue weighted by Crippen LogP contribution is 2.54. The van der Waals surface area contributed by atoms with Gasteiger partial charge in [0.1, 0.15) is 6.67 Å². The van der Waals surface area contributed by atoms with Crippen molar-refractivity contribution >= 4 is 21.8 Å². The summed E-state index contributed by atoms with van der Waals surface area (Å²) in [5.74, 6) is 1.57. The first-order valence-corrected chi connectivity index (χ1v) is 21.4. The number of benzene rings is 8. The lowest BCUT2D eigenvalue weighted by Crippen LogP contribution is -2.18. The minimum Gasteiger partial charge on any atom is -0.320 e. The normalized spacial score (nSPS) is 14.2. The standard InChI is InChI=1S/C57H44N4/c1-56(2)48-26-14-11-23-45(48)51-46(24-16-27-49(51)56)55-58-54(38-31-29-37(30-32-38)40-20-9-8-19-39(40)36-17-6-5-7-18-36)59-61(55)35-60-50-28-15-12-22-42(50)44-34-33-43-41-21-10-13-25-47(41)57(3,4)52(43)53(44)60/h5-34H,35H2,1-4H3. The molecule has 0 N–H and O–H groups in total. The van der Waals surface area contributed by atoms with Gasteiger partial charge in [0.05, 0.1) is 11.0 Å². The van der Waals surface area contributed by atoms with Gasteiger partial charge in [-0.2, -0.15) is 0 Å². The van der Waals surface area contributed by atoms with E-state index in [1.54, 1.807) is 0 Å². The molecule has 0 saturated heterocycles. The minimum absolute atomic E-state index is 0.143. The molecule has 292 valence electrons. The Kier molecular flexibility index (Phi) is 7.65. The Balaban J connectivity index is 1.06. The van der Waals surface area contributed by atoms with Gasteiger partial charge in [-0.25, -0.2) is 9.67 Å². The molecule has 8 aromatic carbocycles. The van der Waals surface area contributed by atoms with Gasteiger partial charge in [-0.1, -0.05) is 204 Å². The Morgan fingerprint density at radius 1 is 0.426 bits per heavy atom. The van der Waals surface area contributed by atoms with Crippen LogP contribution in [0.5, 0.6) is 0 Å². The zero-order chi connectivity index (χ0) is 41.0. The highest BCUT2D eigenvalue weighted by molar-refractivity contribution is 6.12. The molecule has 4 nitrogen and oxygen atoms in total. The summed E-state index contributed by atoms with van der Waals surface area (Å²) in [4.78, 5) is 5.53. The van der Waals surface area contributed by atoms with Gasteiger partial charge in [-0.3, -0.25) is 0 Å². The Morgan fingerprint density at radius 2 is 1.00 bits per heavy atom. The van der Waals surface area contributed by atoms with Crippen molar-refractivity contribution in [2.45, 2.75) is 45.2 Å². The van der Waals surface area contributed by atoms with Crippen LogP contribution in [-0.4, -0.2) is 19.3 Å². The maximum absolute atomic E-state index is 5.53. The molecule has 2 aromatic heterocycles. The van der Waals surface area contributed by atoms with Crippen molar-refractivity contribution in [1.29, 1.82) is 0 Å². The maximum atomic E-state index is 5.53. The number of fused-ring (bicyclic) bond motifs is 10. The van der Waals surface area contributed by atoms with Crippen molar-refractivity contribution in [3.8, 4) is 67.3 Å². The van der Waals surface area contributed by atoms with E-state index in [4.69, 9.17) is 10.1 Å². The lowest BCUT2D eigenvalue weighted by molar-refractivity contribution is 0.574. The van der Waals surface area contributed by atoms with Crippen LogP contribution in [0.15, 0.2) is 182 Å². The van der Waals surface area contributed by atoms with Crippen LogP contribution in [0.2, 0.25) is 0 Å². The molecule has 0 spiro atoms. The highest BCUT2D eigenvalue weighted by Gasteiger charge is 2.39. The molecule has 0 saturated carbocycles. The Bertz CT molecular complexity index is 3380. The molecule has 0 amide bonds. The first-order chi connectivity index (χ1) is 29.8. The molecule has 0 unspecified atom stereocenters. The lowest BCUT2D eigenvalue weighted by atomic mass is 9.81. The van der Waals surface area contributed by atoms with E-state index in [1.165, 1.54) is 83.0 Å². The summed E-state index contributed by atoms with van der Waals surface area (Å²) in [7, 11) is 0. The number of aromatic nitrogens is 4. The van der Waals surface area contributed by atoms with Gasteiger partial charge < -0.3 is 4.57 Å². The molecular formula is C57H44N4. The SMILES string of the molecule is CC1(C)c2ccccc2-c2c(-c3nc(-c4ccc(-c5ccccc5-c5ccccc5)cc4)nn3Cn3c4ccccc4c4ccc5c(c43)C(C)(C)c3ccccc3-5)cccc21.